The highest BCUT2D eigenvalue weighted by Crippen LogP contribution is 2.01. The highest BCUT2D eigenvalue weighted by Gasteiger charge is 2.01. The van der Waals surface area contributed by atoms with Crippen LogP contribution in [0.2, 0.25) is 0 Å². The quantitative estimate of drug-likeness (QED) is 0.250. The van der Waals surface area contributed by atoms with Crippen LogP contribution < -0.4 is 0 Å². The fourth-order valence-corrected chi connectivity index (χ4v) is 1.04. The molecule has 0 aromatic heterocycles. The highest BCUT2D eigenvalue weighted by atomic mass is 32.2. The zero-order valence-electron chi connectivity index (χ0n) is 6.53. The first kappa shape index (κ1) is 9.87. The molecule has 0 fully saturated rings. The number of hydrogen-bond donors (Lipinski definition) is 0. The summed E-state index contributed by atoms with van der Waals surface area (Å²) in [6.07, 6.45) is 8.64. The Morgan fingerprint density at radius 3 is 2.82 bits per heavy atom. The van der Waals surface area contributed by atoms with Crippen LogP contribution in [0.4, 0.5) is 0 Å². The first-order valence-corrected chi connectivity index (χ1v) is 4.14. The number of nitrogens with zero attached hydrogens (tertiary/aromatic N) is 3. The number of nitriles is 1. The fraction of sp³-hybridized carbons (Fsp3) is 0.429. The molecule has 0 aromatic carbocycles. The third kappa shape index (κ3) is 3.54. The maximum Gasteiger partial charge on any atom is 0.208 e. The van der Waals surface area contributed by atoms with Gasteiger partial charge in [-0.05, 0) is 6.26 Å². The Hall–Kier alpha value is -1.13. The lowest BCUT2D eigenvalue weighted by molar-refractivity contribution is 0.586. The Kier molecular flexibility index (Phi) is 5.06. The molecule has 0 radical (unpaired) electrons. The smallest absolute Gasteiger partial charge is 0.208 e. The van der Waals surface area contributed by atoms with E-state index < -0.39 is 0 Å². The molecule has 0 bridgehead atoms. The molecule has 0 aliphatic rings. The fourth-order valence-electron chi connectivity index (χ4n) is 0.534. The van der Waals surface area contributed by atoms with Crippen molar-refractivity contribution in [3.8, 4) is 18.5 Å². The summed E-state index contributed by atoms with van der Waals surface area (Å²) in [6, 6.07) is 0. The standard InChI is InChI=1S/C7H9N3S/c1-4-5-10(2)7(11-3)9-6-8/h1H,5H2,2-3H3. The number of aliphatic imine (C=N–C) groups is 1. The average molecular weight is 167 g/mol. The number of thioether (sulfide) groups is 1. The molecule has 0 saturated carbocycles. The molecule has 0 aromatic rings. The zero-order chi connectivity index (χ0) is 8.69. The Labute approximate surface area is 71.1 Å². The summed E-state index contributed by atoms with van der Waals surface area (Å²) >= 11 is 1.40. The SMILES string of the molecule is C#CCN(C)C(=NC#N)SC. The summed E-state index contributed by atoms with van der Waals surface area (Å²) in [6.45, 7) is 0.474. The van der Waals surface area contributed by atoms with Crippen LogP contribution in [-0.4, -0.2) is 29.9 Å². The minimum Gasteiger partial charge on any atom is -0.342 e. The van der Waals surface area contributed by atoms with Gasteiger partial charge >= 0.3 is 0 Å². The van der Waals surface area contributed by atoms with Gasteiger partial charge in [0.25, 0.3) is 0 Å². The molecule has 58 valence electrons. The van der Waals surface area contributed by atoms with E-state index in [1.54, 1.807) is 18.1 Å². The van der Waals surface area contributed by atoms with E-state index in [4.69, 9.17) is 11.7 Å². The normalized spacial score (nSPS) is 10.0. The molecule has 0 atom stereocenters. The summed E-state index contributed by atoms with van der Waals surface area (Å²) in [5.41, 5.74) is 0. The van der Waals surface area contributed by atoms with E-state index in [0.29, 0.717) is 11.7 Å². The van der Waals surface area contributed by atoms with Crippen molar-refractivity contribution < 1.29 is 0 Å². The topological polar surface area (TPSA) is 39.4 Å². The molecule has 0 unspecified atom stereocenters. The predicted octanol–water partition coefficient (Wildman–Crippen LogP) is 0.751. The van der Waals surface area contributed by atoms with Crippen molar-refractivity contribution in [1.82, 2.24) is 4.90 Å². The highest BCUT2D eigenvalue weighted by molar-refractivity contribution is 8.13. The van der Waals surface area contributed by atoms with E-state index in [2.05, 4.69) is 10.9 Å². The number of terminal acetylenes is 1. The lowest BCUT2D eigenvalue weighted by Gasteiger charge is -2.14. The maximum absolute atomic E-state index is 8.26. The zero-order valence-corrected chi connectivity index (χ0v) is 7.35. The Balaban J connectivity index is 4.19. The van der Waals surface area contributed by atoms with Gasteiger partial charge in [0, 0.05) is 7.05 Å². The van der Waals surface area contributed by atoms with Gasteiger partial charge in [0.05, 0.1) is 6.54 Å². The Bertz CT molecular complexity index is 221. The van der Waals surface area contributed by atoms with E-state index >= 15 is 0 Å². The first-order chi connectivity index (χ1) is 5.26. The maximum atomic E-state index is 8.26. The third-order valence-electron chi connectivity index (χ3n) is 0.983. The molecule has 0 rings (SSSR count). The largest absolute Gasteiger partial charge is 0.342 e. The molecule has 0 heterocycles. The lowest BCUT2D eigenvalue weighted by Crippen LogP contribution is -2.23. The van der Waals surface area contributed by atoms with Crippen LogP contribution in [-0.2, 0) is 0 Å². The predicted molar refractivity (Wildman–Crippen MR) is 48.0 cm³/mol. The van der Waals surface area contributed by atoms with Crippen LogP contribution >= 0.6 is 11.8 Å². The van der Waals surface area contributed by atoms with Crippen molar-refractivity contribution in [2.45, 2.75) is 0 Å². The van der Waals surface area contributed by atoms with Gasteiger partial charge in [0.1, 0.15) is 0 Å². The summed E-state index contributed by atoms with van der Waals surface area (Å²) in [7, 11) is 1.80. The molecular formula is C7H9N3S. The summed E-state index contributed by atoms with van der Waals surface area (Å²) in [4.78, 5) is 5.32. The van der Waals surface area contributed by atoms with Crippen LogP contribution in [0.5, 0.6) is 0 Å². The summed E-state index contributed by atoms with van der Waals surface area (Å²) in [5, 5.41) is 8.90. The van der Waals surface area contributed by atoms with E-state index in [0.717, 1.165) is 0 Å². The van der Waals surface area contributed by atoms with E-state index in [1.165, 1.54) is 11.8 Å². The Morgan fingerprint density at radius 1 is 1.82 bits per heavy atom. The number of rotatable bonds is 1. The van der Waals surface area contributed by atoms with Gasteiger partial charge in [0.2, 0.25) is 6.19 Å². The molecule has 4 heteroatoms. The van der Waals surface area contributed by atoms with Crippen molar-refractivity contribution in [3.63, 3.8) is 0 Å². The third-order valence-corrected chi connectivity index (χ3v) is 1.75. The van der Waals surface area contributed by atoms with Gasteiger partial charge in [-0.2, -0.15) is 5.26 Å². The molecule has 0 spiro atoms. The van der Waals surface area contributed by atoms with E-state index in [-0.39, 0.29) is 0 Å². The van der Waals surface area contributed by atoms with Crippen LogP contribution in [0, 0.1) is 23.8 Å². The Morgan fingerprint density at radius 2 is 2.45 bits per heavy atom. The molecular weight excluding hydrogens is 158 g/mol. The van der Waals surface area contributed by atoms with Crippen LogP contribution in [0.1, 0.15) is 0 Å². The van der Waals surface area contributed by atoms with Gasteiger partial charge in [-0.1, -0.05) is 17.7 Å². The first-order valence-electron chi connectivity index (χ1n) is 2.91. The minimum absolute atomic E-state index is 0.474. The van der Waals surface area contributed by atoms with Crippen molar-refractivity contribution >= 4 is 16.9 Å². The van der Waals surface area contributed by atoms with Crippen molar-refractivity contribution in [2.75, 3.05) is 19.8 Å². The van der Waals surface area contributed by atoms with Crippen molar-refractivity contribution in [2.24, 2.45) is 4.99 Å². The van der Waals surface area contributed by atoms with Gasteiger partial charge in [-0.25, -0.2) is 0 Å². The second-order valence-corrected chi connectivity index (χ2v) is 2.53. The van der Waals surface area contributed by atoms with Crippen LogP contribution in [0.25, 0.3) is 0 Å². The molecule has 3 nitrogen and oxygen atoms in total. The molecule has 0 N–H and O–H groups in total. The van der Waals surface area contributed by atoms with Crippen molar-refractivity contribution in [3.05, 3.63) is 0 Å². The van der Waals surface area contributed by atoms with E-state index in [1.807, 2.05) is 6.26 Å². The molecule has 0 amide bonds. The van der Waals surface area contributed by atoms with E-state index in [9.17, 15) is 0 Å². The summed E-state index contributed by atoms with van der Waals surface area (Å²) in [5.74, 6) is 2.46. The monoisotopic (exact) mass is 167 g/mol. The van der Waals surface area contributed by atoms with Crippen LogP contribution in [0.15, 0.2) is 4.99 Å². The van der Waals surface area contributed by atoms with Crippen LogP contribution in [0.3, 0.4) is 0 Å². The second kappa shape index (κ2) is 5.64. The summed E-state index contributed by atoms with van der Waals surface area (Å²) < 4.78 is 0. The minimum atomic E-state index is 0.474. The number of amidine groups is 1. The van der Waals surface area contributed by atoms with Gasteiger partial charge in [-0.15, -0.1) is 11.4 Å². The van der Waals surface area contributed by atoms with Gasteiger partial charge in [-0.3, -0.25) is 0 Å². The molecule has 11 heavy (non-hydrogen) atoms. The molecule has 0 aliphatic heterocycles. The lowest BCUT2D eigenvalue weighted by atomic mass is 10.6. The average Bonchev–Trinajstić information content (AvgIpc) is 2.00. The number of hydrogen-bond acceptors (Lipinski definition) is 3. The molecule has 0 aliphatic carbocycles. The van der Waals surface area contributed by atoms with Gasteiger partial charge < -0.3 is 4.90 Å². The molecule has 0 saturated heterocycles. The van der Waals surface area contributed by atoms with Crippen molar-refractivity contribution in [1.29, 1.82) is 5.26 Å². The van der Waals surface area contributed by atoms with Gasteiger partial charge in [0.15, 0.2) is 5.17 Å². The second-order valence-electron chi connectivity index (χ2n) is 1.76.